The second-order valence-electron chi connectivity index (χ2n) is 17.4. The van der Waals surface area contributed by atoms with Crippen LogP contribution in [0.3, 0.4) is 0 Å². The van der Waals surface area contributed by atoms with Crippen LogP contribution >= 0.6 is 0 Å². The second-order valence-corrected chi connectivity index (χ2v) is 22.4. The van der Waals surface area contributed by atoms with Crippen molar-refractivity contribution < 1.29 is 37.8 Å². The van der Waals surface area contributed by atoms with E-state index in [4.69, 9.17) is 9.72 Å². The van der Waals surface area contributed by atoms with Crippen LogP contribution in [0.2, 0.25) is 19.1 Å². The third kappa shape index (κ3) is 8.37. The van der Waals surface area contributed by atoms with Gasteiger partial charge in [0.2, 0.25) is 17.7 Å². The van der Waals surface area contributed by atoms with Crippen molar-refractivity contribution in [1.29, 1.82) is 0 Å². The van der Waals surface area contributed by atoms with Crippen molar-refractivity contribution in [2.24, 2.45) is 11.8 Å². The normalized spacial score (nSPS) is 20.0. The molecule has 60 heavy (non-hydrogen) atoms. The number of benzene rings is 3. The summed E-state index contributed by atoms with van der Waals surface area (Å²) in [5, 5.41) is 16.1. The number of amides is 4. The van der Waals surface area contributed by atoms with Crippen molar-refractivity contribution in [2.75, 3.05) is 26.4 Å². The number of carbonyl (C=O) groups excluding carboxylic acids is 4. The topological polar surface area (TPSA) is 186 Å². The van der Waals surface area contributed by atoms with Crippen LogP contribution in [0.5, 0.6) is 0 Å². The first kappa shape index (κ1) is 42.4. The Morgan fingerprint density at radius 1 is 0.917 bits per heavy atom. The average Bonchev–Trinajstić information content (AvgIpc) is 4.02. The number of alkyl halides is 1. The number of alkyl carbamates (subject to hydrolysis) is 1. The summed E-state index contributed by atoms with van der Waals surface area (Å²) in [5.41, 5.74) is 3.56. The summed E-state index contributed by atoms with van der Waals surface area (Å²) < 4.78 is 35.7. The molecule has 4 heterocycles. The van der Waals surface area contributed by atoms with Crippen molar-refractivity contribution >= 4 is 53.7 Å². The molecule has 4 amide bonds. The van der Waals surface area contributed by atoms with E-state index in [2.05, 4.69) is 38.7 Å². The number of nitrogens with one attached hydrogen (secondary N) is 4. The lowest BCUT2D eigenvalue weighted by molar-refractivity contribution is -0.139. The third-order valence-corrected chi connectivity index (χ3v) is 14.3. The highest BCUT2D eigenvalue weighted by molar-refractivity contribution is 6.78. The summed E-state index contributed by atoms with van der Waals surface area (Å²) in [4.78, 5) is 70.9. The number of fused-ring (bicyclic) bond motifs is 3. The zero-order chi connectivity index (χ0) is 43.2. The minimum atomic E-state index is -1.84. The molecule has 0 radical (unpaired) electrons. The standard InChI is InChI=1S/C43H52F2N8O6Si/c1-22(2)36(49-35(55)19-54)41(56)52-18-27(44)16-33(52)40-47-31-13-10-25-14-24(8-12-29(25)38(31)50-40)28-11-9-26(15-30(28)45)32-17-46-39(48-32)34-20-60(6,7)21-53(34)42(57)37(23(3)4)51-43(58)59-5/h8-15,17,22-23,27,33-34,36-37,54H,16,18-21H2,1-7H3,(H,46,48)(H,47,50)(H,49,55)(H,51,58)/t27-,33+,34+,36+,37+/m1/s1. The van der Waals surface area contributed by atoms with E-state index in [0.717, 1.165) is 16.8 Å². The molecule has 5 atom stereocenters. The minimum Gasteiger partial charge on any atom is -0.453 e. The van der Waals surface area contributed by atoms with Crippen molar-refractivity contribution in [3.63, 3.8) is 0 Å². The Morgan fingerprint density at radius 2 is 1.62 bits per heavy atom. The molecule has 7 rings (SSSR count). The van der Waals surface area contributed by atoms with Crippen molar-refractivity contribution in [3.8, 4) is 22.4 Å². The Kier molecular flexibility index (Phi) is 11.9. The van der Waals surface area contributed by atoms with Gasteiger partial charge in [-0.2, -0.15) is 0 Å². The van der Waals surface area contributed by atoms with Gasteiger partial charge in [-0.05, 0) is 47.0 Å². The number of likely N-dealkylation sites (tertiary alicyclic amines) is 1. The largest absolute Gasteiger partial charge is 0.453 e. The number of hydrogen-bond acceptors (Lipinski definition) is 8. The molecule has 5 N–H and O–H groups in total. The predicted octanol–water partition coefficient (Wildman–Crippen LogP) is 6.17. The monoisotopic (exact) mass is 842 g/mol. The van der Waals surface area contributed by atoms with Crippen LogP contribution in [0.4, 0.5) is 13.6 Å². The number of ether oxygens (including phenoxy) is 1. The highest BCUT2D eigenvalue weighted by Crippen LogP contribution is 2.40. The molecule has 2 aliphatic rings. The number of hydrogen-bond donors (Lipinski definition) is 5. The SMILES string of the molecule is COC(=O)N[C@H](C(=O)N1C[Si](C)(C)C[C@H]1c1ncc(-c2ccc(-c3ccc4c(ccc5nc([C@@H]6C[C@@H](F)CN6C(=O)[C@@H](NC(=O)CO)C(C)C)[nH]c54)c3)c(F)c2)[nH]1)C(C)C. The van der Waals surface area contributed by atoms with Crippen LogP contribution in [0, 0.1) is 17.7 Å². The van der Waals surface area contributed by atoms with Gasteiger partial charge in [-0.1, -0.05) is 71.1 Å². The number of H-pyrrole nitrogens is 2. The molecular weight excluding hydrogens is 791 g/mol. The van der Waals surface area contributed by atoms with Crippen LogP contribution < -0.4 is 10.6 Å². The second kappa shape index (κ2) is 16.8. The zero-order valence-electron chi connectivity index (χ0n) is 34.8. The van der Waals surface area contributed by atoms with E-state index in [1.165, 1.54) is 18.1 Å². The first-order valence-corrected chi connectivity index (χ1v) is 23.7. The quantitative estimate of drug-likeness (QED) is 0.0978. The van der Waals surface area contributed by atoms with Gasteiger partial charge in [0, 0.05) is 29.1 Å². The molecule has 0 saturated carbocycles. The number of nitrogens with zero attached hydrogens (tertiary/aromatic N) is 4. The van der Waals surface area contributed by atoms with Gasteiger partial charge in [0.1, 0.15) is 42.3 Å². The summed E-state index contributed by atoms with van der Waals surface area (Å²) in [6, 6.07) is 12.4. The minimum absolute atomic E-state index is 0.0366. The maximum atomic E-state index is 16.0. The molecule has 0 bridgehead atoms. The number of halogens is 2. The molecule has 2 saturated heterocycles. The summed E-state index contributed by atoms with van der Waals surface area (Å²) in [5.74, 6) is -1.21. The van der Waals surface area contributed by atoms with Crippen LogP contribution in [0.1, 0.15) is 57.8 Å². The smallest absolute Gasteiger partial charge is 0.407 e. The van der Waals surface area contributed by atoms with E-state index in [1.54, 1.807) is 26.1 Å². The molecule has 17 heteroatoms. The number of aliphatic hydroxyl groups is 1. The first-order valence-electron chi connectivity index (χ1n) is 20.3. The van der Waals surface area contributed by atoms with Gasteiger partial charge in [-0.15, -0.1) is 0 Å². The Hall–Kier alpha value is -5.68. The summed E-state index contributed by atoms with van der Waals surface area (Å²) in [7, 11) is -0.573. The van der Waals surface area contributed by atoms with E-state index >= 15 is 4.39 Å². The number of aromatic amines is 2. The lowest BCUT2D eigenvalue weighted by Gasteiger charge is -2.30. The first-order chi connectivity index (χ1) is 28.5. The van der Waals surface area contributed by atoms with E-state index in [1.807, 2.05) is 55.1 Å². The van der Waals surface area contributed by atoms with E-state index in [-0.39, 0.29) is 36.8 Å². The molecular formula is C43H52F2N8O6Si. The number of methoxy groups -OCH3 is 1. The van der Waals surface area contributed by atoms with Gasteiger partial charge in [0.05, 0.1) is 56.7 Å². The zero-order valence-corrected chi connectivity index (χ0v) is 35.8. The summed E-state index contributed by atoms with van der Waals surface area (Å²) in [6.45, 7) is 10.8. The Labute approximate surface area is 347 Å². The van der Waals surface area contributed by atoms with Crippen molar-refractivity contribution in [3.05, 3.63) is 72.2 Å². The molecule has 2 aromatic heterocycles. The van der Waals surface area contributed by atoms with E-state index in [9.17, 15) is 28.7 Å². The highest BCUT2D eigenvalue weighted by atomic mass is 28.3. The molecule has 0 aliphatic carbocycles. The van der Waals surface area contributed by atoms with Crippen LogP contribution in [0.25, 0.3) is 44.2 Å². The van der Waals surface area contributed by atoms with Gasteiger partial charge < -0.3 is 40.2 Å². The number of imidazole rings is 2. The fourth-order valence-corrected chi connectivity index (χ4v) is 11.4. The Bertz CT molecular complexity index is 2450. The molecule has 0 unspecified atom stereocenters. The Balaban J connectivity index is 1.12. The van der Waals surface area contributed by atoms with E-state index < -0.39 is 62.7 Å². The lowest BCUT2D eigenvalue weighted by Crippen LogP contribution is -2.52. The molecule has 2 fully saturated rings. The fourth-order valence-electron chi connectivity index (χ4n) is 8.55. The van der Waals surface area contributed by atoms with Gasteiger partial charge in [-0.3, -0.25) is 14.4 Å². The molecule has 3 aromatic carbocycles. The van der Waals surface area contributed by atoms with Gasteiger partial charge >= 0.3 is 6.09 Å². The summed E-state index contributed by atoms with van der Waals surface area (Å²) in [6.07, 6.45) is 0.341. The van der Waals surface area contributed by atoms with Gasteiger partial charge in [0.25, 0.3) is 0 Å². The Morgan fingerprint density at radius 3 is 2.30 bits per heavy atom. The molecule has 0 spiro atoms. The number of rotatable bonds is 11. The maximum absolute atomic E-state index is 16.0. The van der Waals surface area contributed by atoms with Gasteiger partial charge in [-0.25, -0.2) is 23.5 Å². The summed E-state index contributed by atoms with van der Waals surface area (Å²) >= 11 is 0. The maximum Gasteiger partial charge on any atom is 0.407 e. The molecule has 14 nitrogen and oxygen atoms in total. The molecule has 318 valence electrons. The van der Waals surface area contributed by atoms with Crippen LogP contribution in [-0.2, 0) is 19.1 Å². The molecule has 5 aromatic rings. The van der Waals surface area contributed by atoms with Crippen LogP contribution in [0.15, 0.2) is 54.7 Å². The third-order valence-electron chi connectivity index (χ3n) is 11.6. The van der Waals surface area contributed by atoms with Gasteiger partial charge in [0.15, 0.2) is 0 Å². The van der Waals surface area contributed by atoms with Crippen molar-refractivity contribution in [2.45, 2.75) is 83.6 Å². The van der Waals surface area contributed by atoms with Crippen molar-refractivity contribution in [1.82, 2.24) is 40.4 Å². The highest BCUT2D eigenvalue weighted by Gasteiger charge is 2.46. The van der Waals surface area contributed by atoms with E-state index in [0.29, 0.717) is 51.2 Å². The number of aliphatic hydroxyl groups excluding tert-OH is 1. The fraction of sp³-hybridized carbons (Fsp3) is 0.442. The number of aromatic nitrogens is 4. The molecule has 2 aliphatic heterocycles. The predicted molar refractivity (Wildman–Crippen MR) is 225 cm³/mol. The average molecular weight is 843 g/mol. The lowest BCUT2D eigenvalue weighted by atomic mass is 9.98. The number of carbonyl (C=O) groups is 4. The van der Waals surface area contributed by atoms with Crippen LogP contribution in [-0.4, -0.2) is 111 Å².